The second-order valence-electron chi connectivity index (χ2n) is 7.85. The molecular formula is C25H26N4O3. The summed E-state index contributed by atoms with van der Waals surface area (Å²) in [6.45, 7) is 0.456. The summed E-state index contributed by atoms with van der Waals surface area (Å²) < 4.78 is 7.06. The van der Waals surface area contributed by atoms with Crippen molar-refractivity contribution in [3.05, 3.63) is 90.1 Å². The van der Waals surface area contributed by atoms with Crippen LogP contribution in [0.1, 0.15) is 32.8 Å². The first-order valence-electron chi connectivity index (χ1n) is 10.6. The van der Waals surface area contributed by atoms with E-state index in [2.05, 4.69) is 10.3 Å². The van der Waals surface area contributed by atoms with Gasteiger partial charge in [0.15, 0.2) is 0 Å². The molecule has 1 aromatic carbocycles. The van der Waals surface area contributed by atoms with Gasteiger partial charge in [-0.05, 0) is 42.7 Å². The molecule has 7 nitrogen and oxygen atoms in total. The Morgan fingerprint density at radius 1 is 1.16 bits per heavy atom. The van der Waals surface area contributed by atoms with Crippen LogP contribution in [0.3, 0.4) is 0 Å². The summed E-state index contributed by atoms with van der Waals surface area (Å²) in [5, 5.41) is 3.76. The number of nitrogens with zero attached hydrogens (tertiary/aromatic N) is 3. The summed E-state index contributed by atoms with van der Waals surface area (Å²) in [5.74, 6) is -0.241. The standard InChI is InChI=1S/C25H26N4O3/c1-28-13-6-9-22(28)23(30)26-12-10-21(15-18-7-4-3-5-8-18)29(2)25(31)20-16-19-11-14-32-24(19)27-17-20/h3-9,11,13-14,16-17,21H,10,12,15H2,1-2H3,(H,26,30). The molecule has 0 saturated carbocycles. The van der Waals surface area contributed by atoms with E-state index >= 15 is 0 Å². The highest BCUT2D eigenvalue weighted by atomic mass is 16.3. The van der Waals surface area contributed by atoms with Gasteiger partial charge in [-0.25, -0.2) is 4.98 Å². The zero-order valence-corrected chi connectivity index (χ0v) is 18.2. The minimum Gasteiger partial charge on any atom is -0.446 e. The number of carbonyl (C=O) groups is 2. The van der Waals surface area contributed by atoms with Gasteiger partial charge < -0.3 is 19.2 Å². The Hall–Kier alpha value is -3.87. The normalized spacial score (nSPS) is 11.9. The summed E-state index contributed by atoms with van der Waals surface area (Å²) >= 11 is 0. The molecule has 0 bridgehead atoms. The van der Waals surface area contributed by atoms with Gasteiger partial charge in [0.2, 0.25) is 5.71 Å². The summed E-state index contributed by atoms with van der Waals surface area (Å²) in [6.07, 6.45) is 6.24. The highest BCUT2D eigenvalue weighted by Crippen LogP contribution is 2.18. The molecule has 7 heteroatoms. The molecule has 0 fully saturated rings. The molecule has 0 aliphatic rings. The van der Waals surface area contributed by atoms with Crippen LogP contribution in [0.5, 0.6) is 0 Å². The van der Waals surface area contributed by atoms with E-state index < -0.39 is 0 Å². The molecule has 164 valence electrons. The second kappa shape index (κ2) is 9.51. The first-order chi connectivity index (χ1) is 15.5. The van der Waals surface area contributed by atoms with Gasteiger partial charge >= 0.3 is 0 Å². The summed E-state index contributed by atoms with van der Waals surface area (Å²) in [5.41, 5.74) is 2.75. The van der Waals surface area contributed by atoms with E-state index in [1.165, 1.54) is 0 Å². The molecule has 1 atom stereocenters. The quantitative estimate of drug-likeness (QED) is 0.463. The molecule has 0 radical (unpaired) electrons. The average Bonchev–Trinajstić information content (AvgIpc) is 3.46. The Kier molecular flexibility index (Phi) is 6.35. The fourth-order valence-electron chi connectivity index (χ4n) is 3.80. The zero-order chi connectivity index (χ0) is 22.5. The van der Waals surface area contributed by atoms with E-state index in [4.69, 9.17) is 4.42 Å². The largest absolute Gasteiger partial charge is 0.446 e. The smallest absolute Gasteiger partial charge is 0.267 e. The number of hydrogen-bond donors (Lipinski definition) is 1. The van der Waals surface area contributed by atoms with Crippen LogP contribution in [-0.2, 0) is 13.5 Å². The summed E-state index contributed by atoms with van der Waals surface area (Å²) in [4.78, 5) is 31.7. The molecule has 2 amide bonds. The van der Waals surface area contributed by atoms with Crippen molar-refractivity contribution >= 4 is 22.9 Å². The summed E-state index contributed by atoms with van der Waals surface area (Å²) in [6, 6.07) is 17.2. The monoisotopic (exact) mass is 430 g/mol. The number of benzene rings is 1. The number of furan rings is 1. The van der Waals surface area contributed by atoms with E-state index in [0.717, 1.165) is 10.9 Å². The topological polar surface area (TPSA) is 80.4 Å². The van der Waals surface area contributed by atoms with E-state index in [1.807, 2.05) is 49.6 Å². The van der Waals surface area contributed by atoms with Crippen LogP contribution in [0, 0.1) is 0 Å². The molecular weight excluding hydrogens is 404 g/mol. The third-order valence-electron chi connectivity index (χ3n) is 5.67. The minimum atomic E-state index is -0.125. The predicted octanol–water partition coefficient (Wildman–Crippen LogP) is 3.67. The first kappa shape index (κ1) is 21.4. The van der Waals surface area contributed by atoms with Crippen molar-refractivity contribution in [2.75, 3.05) is 13.6 Å². The lowest BCUT2D eigenvalue weighted by molar-refractivity contribution is 0.0722. The van der Waals surface area contributed by atoms with Crippen LogP contribution in [-0.4, -0.2) is 45.9 Å². The van der Waals surface area contributed by atoms with Crippen molar-refractivity contribution < 1.29 is 14.0 Å². The molecule has 3 heterocycles. The number of nitrogens with one attached hydrogen (secondary N) is 1. The SMILES string of the molecule is CN(C(=O)c1cnc2occc2c1)C(CCNC(=O)c1cccn1C)Cc1ccccc1. The highest BCUT2D eigenvalue weighted by Gasteiger charge is 2.23. The van der Waals surface area contributed by atoms with Crippen LogP contribution in [0.4, 0.5) is 0 Å². The van der Waals surface area contributed by atoms with E-state index in [-0.39, 0.29) is 17.9 Å². The van der Waals surface area contributed by atoms with Gasteiger partial charge in [-0.1, -0.05) is 30.3 Å². The molecule has 0 aliphatic heterocycles. The molecule has 0 aliphatic carbocycles. The van der Waals surface area contributed by atoms with Crippen LogP contribution in [0.2, 0.25) is 0 Å². The summed E-state index contributed by atoms with van der Waals surface area (Å²) in [7, 11) is 3.64. The fraction of sp³-hybridized carbons (Fsp3) is 0.240. The minimum absolute atomic E-state index is 0.0985. The van der Waals surface area contributed by atoms with Crippen molar-refractivity contribution in [1.29, 1.82) is 0 Å². The third kappa shape index (κ3) is 4.72. The lowest BCUT2D eigenvalue weighted by Gasteiger charge is -2.29. The van der Waals surface area contributed by atoms with Crippen molar-refractivity contribution in [3.8, 4) is 0 Å². The molecule has 1 N–H and O–H groups in total. The maximum atomic E-state index is 13.2. The van der Waals surface area contributed by atoms with Gasteiger partial charge in [0.25, 0.3) is 11.8 Å². The molecule has 1 unspecified atom stereocenters. The molecule has 3 aromatic heterocycles. The Labute approximate surface area is 186 Å². The fourth-order valence-corrected chi connectivity index (χ4v) is 3.80. The number of rotatable bonds is 8. The number of aromatic nitrogens is 2. The maximum absolute atomic E-state index is 13.2. The number of likely N-dealkylation sites (N-methyl/N-ethyl adjacent to an activating group) is 1. The van der Waals surface area contributed by atoms with Gasteiger partial charge in [-0.15, -0.1) is 0 Å². The second-order valence-corrected chi connectivity index (χ2v) is 7.85. The predicted molar refractivity (Wildman–Crippen MR) is 122 cm³/mol. The molecule has 4 rings (SSSR count). The van der Waals surface area contributed by atoms with Crippen molar-refractivity contribution in [3.63, 3.8) is 0 Å². The van der Waals surface area contributed by atoms with Crippen LogP contribution < -0.4 is 5.32 Å². The Morgan fingerprint density at radius 3 is 2.72 bits per heavy atom. The third-order valence-corrected chi connectivity index (χ3v) is 5.67. The average molecular weight is 431 g/mol. The Balaban J connectivity index is 1.48. The molecule has 0 spiro atoms. The van der Waals surface area contributed by atoms with Gasteiger partial charge in [0.1, 0.15) is 5.69 Å². The van der Waals surface area contributed by atoms with E-state index in [0.29, 0.717) is 36.4 Å². The molecule has 4 aromatic rings. The van der Waals surface area contributed by atoms with Crippen molar-refractivity contribution in [1.82, 2.24) is 19.8 Å². The number of pyridine rings is 1. The number of amides is 2. The van der Waals surface area contributed by atoms with Gasteiger partial charge in [0.05, 0.1) is 11.8 Å². The number of hydrogen-bond acceptors (Lipinski definition) is 4. The van der Waals surface area contributed by atoms with Gasteiger partial charge in [-0.3, -0.25) is 9.59 Å². The Bertz CT molecular complexity index is 1210. The maximum Gasteiger partial charge on any atom is 0.267 e. The number of aryl methyl sites for hydroxylation is 1. The lowest BCUT2D eigenvalue weighted by Crippen LogP contribution is -2.41. The number of carbonyl (C=O) groups excluding carboxylic acids is 2. The van der Waals surface area contributed by atoms with Crippen molar-refractivity contribution in [2.45, 2.75) is 18.9 Å². The van der Waals surface area contributed by atoms with E-state index in [1.54, 1.807) is 47.2 Å². The van der Waals surface area contributed by atoms with Gasteiger partial charge in [0, 0.05) is 44.5 Å². The van der Waals surface area contributed by atoms with Crippen LogP contribution in [0.25, 0.3) is 11.1 Å². The molecule has 0 saturated heterocycles. The van der Waals surface area contributed by atoms with Crippen LogP contribution >= 0.6 is 0 Å². The lowest BCUT2D eigenvalue weighted by atomic mass is 10.0. The zero-order valence-electron chi connectivity index (χ0n) is 18.2. The first-order valence-corrected chi connectivity index (χ1v) is 10.6. The van der Waals surface area contributed by atoms with Crippen LogP contribution in [0.15, 0.2) is 77.7 Å². The van der Waals surface area contributed by atoms with Crippen molar-refractivity contribution in [2.24, 2.45) is 7.05 Å². The van der Waals surface area contributed by atoms with Gasteiger partial charge in [-0.2, -0.15) is 0 Å². The highest BCUT2D eigenvalue weighted by molar-refractivity contribution is 5.96. The number of fused-ring (bicyclic) bond motifs is 1. The Morgan fingerprint density at radius 2 is 1.97 bits per heavy atom. The molecule has 32 heavy (non-hydrogen) atoms. The van der Waals surface area contributed by atoms with E-state index in [9.17, 15) is 9.59 Å².